The fourth-order valence-electron chi connectivity index (χ4n) is 9.16. The number of hydrogen-bond donors (Lipinski definition) is 8. The van der Waals surface area contributed by atoms with Crippen LogP contribution >= 0.6 is 21.6 Å². The van der Waals surface area contributed by atoms with E-state index in [0.29, 0.717) is 21.8 Å². The Morgan fingerprint density at radius 2 is 1.66 bits per heavy atom. The molecule has 26 nitrogen and oxygen atoms in total. The number of ether oxygens (including phenoxy) is 4. The zero-order valence-electron chi connectivity index (χ0n) is 39.4. The summed E-state index contributed by atoms with van der Waals surface area (Å²) in [7, 11) is 5.00. The molecule has 4 aliphatic rings. The largest absolute Gasteiger partial charge is 0.492 e. The van der Waals surface area contributed by atoms with Gasteiger partial charge in [-0.1, -0.05) is 33.7 Å². The lowest BCUT2D eigenvalue weighted by atomic mass is 9.83. The molecule has 28 heteroatoms. The van der Waals surface area contributed by atoms with E-state index in [2.05, 4.69) is 35.9 Å². The van der Waals surface area contributed by atoms with Crippen molar-refractivity contribution >= 4 is 91.9 Å². The Morgan fingerprint density at radius 1 is 0.946 bits per heavy atom. The van der Waals surface area contributed by atoms with Crippen molar-refractivity contribution in [2.75, 3.05) is 44.2 Å². The predicted octanol–water partition coefficient (Wildman–Crippen LogP) is 1.28. The van der Waals surface area contributed by atoms with Crippen LogP contribution in [0.15, 0.2) is 87.0 Å². The van der Waals surface area contributed by atoms with Crippen molar-refractivity contribution in [1.82, 2.24) is 40.4 Å². The fourth-order valence-corrected chi connectivity index (χ4v) is 11.3. The third-order valence-corrected chi connectivity index (χ3v) is 15.1. The van der Waals surface area contributed by atoms with E-state index in [1.165, 1.54) is 55.2 Å². The number of carbonyl (C=O) groups is 8. The molecule has 8 rings (SSSR count). The van der Waals surface area contributed by atoms with Crippen LogP contribution in [0.3, 0.4) is 0 Å². The smallest absolute Gasteiger partial charge is 0.410 e. The van der Waals surface area contributed by atoms with Crippen LogP contribution in [0.25, 0.3) is 11.2 Å². The van der Waals surface area contributed by atoms with Crippen LogP contribution in [0.5, 0.6) is 0 Å². The maximum Gasteiger partial charge on any atom is 0.410 e. The van der Waals surface area contributed by atoms with Crippen LogP contribution in [-0.4, -0.2) is 150 Å². The maximum atomic E-state index is 13.7. The third-order valence-electron chi connectivity index (χ3n) is 12.7. The van der Waals surface area contributed by atoms with Crippen LogP contribution in [0.2, 0.25) is 0 Å². The molecule has 0 saturated carbocycles. The van der Waals surface area contributed by atoms with Crippen molar-refractivity contribution in [1.29, 1.82) is 0 Å². The van der Waals surface area contributed by atoms with E-state index in [4.69, 9.17) is 30.4 Å². The average molecular weight is 1060 g/mol. The number of aromatic nitrogens is 4. The van der Waals surface area contributed by atoms with Gasteiger partial charge in [-0.2, -0.15) is 4.98 Å². The Hall–Kier alpha value is -8.24. The molecule has 2 aromatic carbocycles. The van der Waals surface area contributed by atoms with Crippen molar-refractivity contribution < 1.29 is 67.5 Å². The molecule has 0 radical (unpaired) electrons. The molecule has 1 aliphatic carbocycles. The summed E-state index contributed by atoms with van der Waals surface area (Å²) in [5.74, 6) is -6.52. The quantitative estimate of drug-likeness (QED) is 0.0331. The topological polar surface area (TPSA) is 380 Å². The second kappa shape index (κ2) is 21.5. The highest BCUT2D eigenvalue weighted by Gasteiger charge is 2.78. The molecule has 2 aromatic heterocycles. The normalized spacial score (nSPS) is 20.3. The highest BCUT2D eigenvalue weighted by Crippen LogP contribution is 2.60. The number of nitrogens with one attached hydrogen (secondary N) is 4. The molecule has 388 valence electrons. The van der Waals surface area contributed by atoms with Gasteiger partial charge in [-0.15, -0.1) is 0 Å². The van der Waals surface area contributed by atoms with Crippen molar-refractivity contribution in [2.24, 2.45) is 11.7 Å². The van der Waals surface area contributed by atoms with Crippen LogP contribution in [0, 0.1) is 5.92 Å². The number of carboxylic acid groups (broad SMARTS) is 2. The summed E-state index contributed by atoms with van der Waals surface area (Å²) < 4.78 is 22.1. The van der Waals surface area contributed by atoms with Crippen molar-refractivity contribution in [3.63, 3.8) is 0 Å². The maximum absolute atomic E-state index is 13.7. The minimum Gasteiger partial charge on any atom is -0.492 e. The second-order valence-corrected chi connectivity index (χ2v) is 19.5. The van der Waals surface area contributed by atoms with Gasteiger partial charge < -0.3 is 61.5 Å². The number of hydrogen-bond acceptors (Lipinski definition) is 21. The number of carbonyl (C=O) groups excluding carboxylic acids is 6. The van der Waals surface area contributed by atoms with Gasteiger partial charge >= 0.3 is 24.1 Å². The molecule has 4 aromatic rings. The lowest BCUT2D eigenvalue weighted by Crippen LogP contribution is -2.56. The Balaban J connectivity index is 0.771. The minimum absolute atomic E-state index is 0.0124. The molecular weight excluding hydrogens is 1010 g/mol. The van der Waals surface area contributed by atoms with Crippen molar-refractivity contribution in [3.8, 4) is 0 Å². The first-order valence-corrected chi connectivity index (χ1v) is 24.8. The number of Topliss-reactive ketones (excluding diaryl/α,β-unsaturated/α-hetero) is 2. The number of aromatic amines is 1. The number of ketones is 2. The van der Waals surface area contributed by atoms with Gasteiger partial charge in [0.15, 0.2) is 22.6 Å². The average Bonchev–Trinajstić information content (AvgIpc) is 3.88. The second-order valence-electron chi connectivity index (χ2n) is 17.1. The monoisotopic (exact) mass is 1060 g/mol. The molecule has 5 heterocycles. The number of H-pyrrole nitrogens is 1. The van der Waals surface area contributed by atoms with Gasteiger partial charge in [-0.25, -0.2) is 29.1 Å². The summed E-state index contributed by atoms with van der Waals surface area (Å²) in [5, 5.41) is 27.5. The molecule has 3 aliphatic heterocycles. The minimum atomic E-state index is -1.47. The number of anilines is 2. The summed E-state index contributed by atoms with van der Waals surface area (Å²) >= 11 is 0. The number of nitrogens with two attached hydrogens (primary N) is 2. The molecule has 1 unspecified atom stereocenters. The number of rotatable bonds is 21. The highest BCUT2D eigenvalue weighted by atomic mass is 33.1. The van der Waals surface area contributed by atoms with E-state index in [9.17, 15) is 53.4 Å². The molecule has 2 fully saturated rings. The Kier molecular flexibility index (Phi) is 15.1. The summed E-state index contributed by atoms with van der Waals surface area (Å²) in [6, 6.07) is 8.95. The number of methoxy groups -OCH3 is 2. The van der Waals surface area contributed by atoms with E-state index in [-0.39, 0.29) is 77.1 Å². The predicted molar refractivity (Wildman–Crippen MR) is 260 cm³/mol. The van der Waals surface area contributed by atoms with Crippen LogP contribution in [-0.2, 0) is 56.1 Å². The molecule has 0 bridgehead atoms. The van der Waals surface area contributed by atoms with Gasteiger partial charge in [0.1, 0.15) is 31.3 Å². The van der Waals surface area contributed by atoms with E-state index < -0.39 is 102 Å². The van der Waals surface area contributed by atoms with E-state index in [1.54, 1.807) is 41.3 Å². The summed E-state index contributed by atoms with van der Waals surface area (Å²) in [5.41, 5.74) is 10.9. The number of nitrogen functional groups attached to an aromatic ring is 1. The van der Waals surface area contributed by atoms with Gasteiger partial charge in [0, 0.05) is 53.1 Å². The fraction of sp³-hybridized carbons (Fsp3) is 0.348. The molecule has 10 N–H and O–H groups in total. The third kappa shape index (κ3) is 10.4. The number of primary amides is 1. The number of aliphatic carboxylic acids is 2. The van der Waals surface area contributed by atoms with Gasteiger partial charge in [0.05, 0.1) is 43.2 Å². The Morgan fingerprint density at radius 3 is 2.32 bits per heavy atom. The molecule has 6 atom stereocenters. The molecular formula is C46H47N11O15S2. The van der Waals surface area contributed by atoms with Gasteiger partial charge in [0.25, 0.3) is 11.5 Å². The van der Waals surface area contributed by atoms with Crippen molar-refractivity contribution in [3.05, 3.63) is 105 Å². The molecule has 0 spiro atoms. The van der Waals surface area contributed by atoms with E-state index in [0.717, 1.165) is 10.8 Å². The van der Waals surface area contributed by atoms with Gasteiger partial charge in [0.2, 0.25) is 23.4 Å². The zero-order chi connectivity index (χ0) is 53.2. The van der Waals surface area contributed by atoms with Crippen molar-refractivity contribution in [2.45, 2.75) is 67.7 Å². The van der Waals surface area contributed by atoms with Crippen LogP contribution in [0.4, 0.5) is 21.2 Å². The number of piperazine rings is 1. The number of carboxylic acids is 2. The van der Waals surface area contributed by atoms with Gasteiger partial charge in [-0.3, -0.25) is 33.9 Å². The lowest BCUT2D eigenvalue weighted by Gasteiger charge is -2.40. The number of benzene rings is 2. The van der Waals surface area contributed by atoms with E-state index in [1.807, 2.05) is 0 Å². The van der Waals surface area contributed by atoms with Gasteiger partial charge in [-0.05, 0) is 55.3 Å². The summed E-state index contributed by atoms with van der Waals surface area (Å²) in [4.78, 5) is 133. The zero-order valence-corrected chi connectivity index (χ0v) is 41.1. The molecule has 74 heavy (non-hydrogen) atoms. The summed E-state index contributed by atoms with van der Waals surface area (Å²) in [6.07, 6.45) is -1.11. The molecule has 4 amide bonds. The first kappa shape index (κ1) is 52.1. The highest BCUT2D eigenvalue weighted by molar-refractivity contribution is 8.76. The van der Waals surface area contributed by atoms with Crippen LogP contribution in [0.1, 0.15) is 41.4 Å². The number of amides is 4. The standard InChI is InChI=1S/C46H47N11O15S2/c1-20-34(59)33-31(35(60)36(20)69-2)26(18-71-44(48)67)46(70-3)37-29(16-56(33)46)57(37)45(68)72-17-21-4-10-25(11-5-21)74-73-19-28(42(65)66)52-30(58)13-12-27(41(63)64)53-39(61)22-6-8-23(9-7-22)49-14-24-15-50-38-32(51-24)40(62)55-43(47)54-38/h4-11,15,26-29,37,49H,12-14,16-19H2,1-3H3,(H2,48,67)(H,52,58)(H,53,61)(H,63,64)(H,65,66)(H3,47,50,54,55,62)/t26-,27?,28+,29+,37+,46-,57?/m1/s1. The Labute approximate surface area is 426 Å². The Bertz CT molecular complexity index is 3100. The number of fused-ring (bicyclic) bond motifs is 5. The first-order chi connectivity index (χ1) is 35.4. The number of allylic oxidation sites excluding steroid dienone is 2. The van der Waals surface area contributed by atoms with Crippen LogP contribution < -0.4 is 33.0 Å². The first-order valence-electron chi connectivity index (χ1n) is 22.4. The van der Waals surface area contributed by atoms with E-state index >= 15 is 0 Å². The number of nitrogens with zero attached hydrogens (tertiary/aromatic N) is 5. The summed E-state index contributed by atoms with van der Waals surface area (Å²) in [6.45, 7) is 1.22. The SMILES string of the molecule is COC1=C(C)C(=O)C2=C(C1=O)[C@@H](COC(N)=O)[C@@]1(OC)[C@@H]3[C@H](CN21)N3C(=O)OCc1ccc(SSC[C@H](NC(=O)CCC(NC(=O)c2ccc(NCc3cnc4nc(N)[nH]c(=O)c4n3)cc2)C(=O)O)C(=O)O)cc1. The lowest BCUT2D eigenvalue weighted by molar-refractivity contribution is -0.144. The molecule has 2 saturated heterocycles.